The lowest BCUT2D eigenvalue weighted by molar-refractivity contribution is 0.0317. The van der Waals surface area contributed by atoms with Crippen molar-refractivity contribution in [3.63, 3.8) is 0 Å². The standard InChI is InChI=1S/C15H25NO/c1-11(2)9-10-17-15(13(4)16)14-8-6-5-7-12(14)3/h5-8,11,13,15H,9-10,16H2,1-4H3. The van der Waals surface area contributed by atoms with Crippen molar-refractivity contribution >= 4 is 0 Å². The third-order valence-corrected chi connectivity index (χ3v) is 2.97. The molecule has 0 spiro atoms. The van der Waals surface area contributed by atoms with Crippen molar-refractivity contribution in [1.82, 2.24) is 0 Å². The molecule has 1 aromatic rings. The fraction of sp³-hybridized carbons (Fsp3) is 0.600. The molecule has 2 N–H and O–H groups in total. The van der Waals surface area contributed by atoms with Crippen LogP contribution in [0.25, 0.3) is 0 Å². The van der Waals surface area contributed by atoms with Gasteiger partial charge in [-0.3, -0.25) is 0 Å². The van der Waals surface area contributed by atoms with Crippen LogP contribution in [0.2, 0.25) is 0 Å². The monoisotopic (exact) mass is 235 g/mol. The Morgan fingerprint density at radius 2 is 1.82 bits per heavy atom. The van der Waals surface area contributed by atoms with Gasteiger partial charge in [-0.15, -0.1) is 0 Å². The summed E-state index contributed by atoms with van der Waals surface area (Å²) >= 11 is 0. The first-order valence-electron chi connectivity index (χ1n) is 6.45. The molecular formula is C15H25NO. The molecule has 0 saturated carbocycles. The van der Waals surface area contributed by atoms with E-state index in [-0.39, 0.29) is 12.1 Å². The van der Waals surface area contributed by atoms with Gasteiger partial charge < -0.3 is 10.5 Å². The predicted octanol–water partition coefficient (Wildman–Crippen LogP) is 3.45. The van der Waals surface area contributed by atoms with E-state index in [0.717, 1.165) is 13.0 Å². The largest absolute Gasteiger partial charge is 0.372 e. The van der Waals surface area contributed by atoms with E-state index < -0.39 is 0 Å². The van der Waals surface area contributed by atoms with Gasteiger partial charge in [-0.2, -0.15) is 0 Å². The molecule has 17 heavy (non-hydrogen) atoms. The maximum Gasteiger partial charge on any atom is 0.0975 e. The average Bonchev–Trinajstić information content (AvgIpc) is 2.25. The van der Waals surface area contributed by atoms with Gasteiger partial charge in [0.2, 0.25) is 0 Å². The predicted molar refractivity (Wildman–Crippen MR) is 73.0 cm³/mol. The van der Waals surface area contributed by atoms with Gasteiger partial charge in [-0.05, 0) is 37.3 Å². The lowest BCUT2D eigenvalue weighted by Crippen LogP contribution is -2.28. The molecule has 0 fully saturated rings. The van der Waals surface area contributed by atoms with Gasteiger partial charge in [0.25, 0.3) is 0 Å². The van der Waals surface area contributed by atoms with Gasteiger partial charge in [0.1, 0.15) is 0 Å². The van der Waals surface area contributed by atoms with Crippen LogP contribution in [0.15, 0.2) is 24.3 Å². The first kappa shape index (κ1) is 14.2. The van der Waals surface area contributed by atoms with E-state index >= 15 is 0 Å². The van der Waals surface area contributed by atoms with Crippen LogP contribution in [0, 0.1) is 12.8 Å². The quantitative estimate of drug-likeness (QED) is 0.819. The van der Waals surface area contributed by atoms with Crippen molar-refractivity contribution in [2.24, 2.45) is 11.7 Å². The molecule has 0 bridgehead atoms. The molecule has 1 aromatic carbocycles. The number of nitrogens with two attached hydrogens (primary N) is 1. The Morgan fingerprint density at radius 3 is 2.35 bits per heavy atom. The van der Waals surface area contributed by atoms with Gasteiger partial charge in [0.15, 0.2) is 0 Å². The molecule has 2 nitrogen and oxygen atoms in total. The maximum atomic E-state index is 6.03. The first-order valence-corrected chi connectivity index (χ1v) is 6.45. The molecule has 0 aliphatic rings. The van der Waals surface area contributed by atoms with Crippen LogP contribution in [-0.4, -0.2) is 12.6 Å². The second kappa shape index (κ2) is 6.77. The highest BCUT2D eigenvalue weighted by molar-refractivity contribution is 5.28. The Hall–Kier alpha value is -0.860. The molecule has 0 aliphatic carbocycles. The molecule has 0 aromatic heterocycles. The minimum Gasteiger partial charge on any atom is -0.372 e. The number of aryl methyl sites for hydroxylation is 1. The highest BCUT2D eigenvalue weighted by atomic mass is 16.5. The van der Waals surface area contributed by atoms with Crippen LogP contribution < -0.4 is 5.73 Å². The van der Waals surface area contributed by atoms with E-state index in [0.29, 0.717) is 5.92 Å². The maximum absolute atomic E-state index is 6.03. The molecule has 2 heteroatoms. The van der Waals surface area contributed by atoms with Crippen molar-refractivity contribution in [2.45, 2.75) is 46.3 Å². The lowest BCUT2D eigenvalue weighted by Gasteiger charge is -2.24. The van der Waals surface area contributed by atoms with Crippen LogP contribution in [0.1, 0.15) is 44.4 Å². The van der Waals surface area contributed by atoms with Crippen LogP contribution in [0.5, 0.6) is 0 Å². The van der Waals surface area contributed by atoms with Gasteiger partial charge in [-0.1, -0.05) is 38.1 Å². The Labute approximate surface area is 105 Å². The first-order chi connectivity index (χ1) is 8.02. The van der Waals surface area contributed by atoms with Crippen molar-refractivity contribution in [2.75, 3.05) is 6.61 Å². The molecule has 2 atom stereocenters. The fourth-order valence-corrected chi connectivity index (χ4v) is 1.86. The summed E-state index contributed by atoms with van der Waals surface area (Å²) in [5.41, 5.74) is 8.49. The van der Waals surface area contributed by atoms with E-state index in [9.17, 15) is 0 Å². The van der Waals surface area contributed by atoms with Gasteiger partial charge in [-0.25, -0.2) is 0 Å². The van der Waals surface area contributed by atoms with Crippen LogP contribution in [0.4, 0.5) is 0 Å². The van der Waals surface area contributed by atoms with Crippen LogP contribution >= 0.6 is 0 Å². The molecular weight excluding hydrogens is 210 g/mol. The summed E-state index contributed by atoms with van der Waals surface area (Å²) in [6.45, 7) is 9.30. The van der Waals surface area contributed by atoms with Crippen LogP contribution in [0.3, 0.4) is 0 Å². The number of hydrogen-bond acceptors (Lipinski definition) is 2. The second-order valence-electron chi connectivity index (χ2n) is 5.19. The summed E-state index contributed by atoms with van der Waals surface area (Å²) in [6.07, 6.45) is 1.09. The molecule has 0 saturated heterocycles. The summed E-state index contributed by atoms with van der Waals surface area (Å²) in [7, 11) is 0. The Kier molecular flexibility index (Phi) is 5.66. The smallest absolute Gasteiger partial charge is 0.0975 e. The molecule has 2 unspecified atom stereocenters. The van der Waals surface area contributed by atoms with E-state index in [2.05, 4.69) is 32.9 Å². The van der Waals surface area contributed by atoms with Gasteiger partial charge in [0.05, 0.1) is 6.10 Å². The summed E-state index contributed by atoms with van der Waals surface area (Å²) in [6, 6.07) is 8.33. The molecule has 0 aliphatic heterocycles. The lowest BCUT2D eigenvalue weighted by atomic mass is 9.99. The van der Waals surface area contributed by atoms with Crippen molar-refractivity contribution < 1.29 is 4.74 Å². The number of hydrogen-bond donors (Lipinski definition) is 1. The third-order valence-electron chi connectivity index (χ3n) is 2.97. The topological polar surface area (TPSA) is 35.2 Å². The molecule has 0 amide bonds. The van der Waals surface area contributed by atoms with Crippen LogP contribution in [-0.2, 0) is 4.74 Å². The summed E-state index contributed by atoms with van der Waals surface area (Å²) in [4.78, 5) is 0. The third kappa shape index (κ3) is 4.49. The van der Waals surface area contributed by atoms with E-state index in [1.165, 1.54) is 11.1 Å². The Balaban J connectivity index is 2.69. The highest BCUT2D eigenvalue weighted by Crippen LogP contribution is 2.24. The number of rotatable bonds is 6. The average molecular weight is 235 g/mol. The zero-order valence-corrected chi connectivity index (χ0v) is 11.4. The highest BCUT2D eigenvalue weighted by Gasteiger charge is 2.18. The summed E-state index contributed by atoms with van der Waals surface area (Å²) in [5.74, 6) is 0.667. The van der Waals surface area contributed by atoms with E-state index in [4.69, 9.17) is 10.5 Å². The zero-order valence-electron chi connectivity index (χ0n) is 11.4. The minimum absolute atomic E-state index is 0.00921. The van der Waals surface area contributed by atoms with Gasteiger partial charge >= 0.3 is 0 Å². The molecule has 0 radical (unpaired) electrons. The Bertz CT molecular complexity index is 333. The summed E-state index contributed by atoms with van der Waals surface area (Å²) < 4.78 is 5.96. The molecule has 96 valence electrons. The summed E-state index contributed by atoms with van der Waals surface area (Å²) in [5, 5.41) is 0. The second-order valence-corrected chi connectivity index (χ2v) is 5.19. The minimum atomic E-state index is 0.00921. The Morgan fingerprint density at radius 1 is 1.18 bits per heavy atom. The number of ether oxygens (including phenoxy) is 1. The van der Waals surface area contributed by atoms with E-state index in [1.54, 1.807) is 0 Å². The fourth-order valence-electron chi connectivity index (χ4n) is 1.86. The normalized spacial score (nSPS) is 14.9. The van der Waals surface area contributed by atoms with Crippen molar-refractivity contribution in [3.05, 3.63) is 35.4 Å². The number of benzene rings is 1. The van der Waals surface area contributed by atoms with Crippen molar-refractivity contribution in [1.29, 1.82) is 0 Å². The van der Waals surface area contributed by atoms with E-state index in [1.807, 2.05) is 19.1 Å². The molecule has 1 rings (SSSR count). The SMILES string of the molecule is Cc1ccccc1C(OCCC(C)C)C(C)N. The van der Waals surface area contributed by atoms with Gasteiger partial charge in [0, 0.05) is 12.6 Å². The zero-order chi connectivity index (χ0) is 12.8. The van der Waals surface area contributed by atoms with Crippen molar-refractivity contribution in [3.8, 4) is 0 Å². The molecule has 0 heterocycles.